The molecule has 1 fully saturated rings. The summed E-state index contributed by atoms with van der Waals surface area (Å²) in [5, 5.41) is 0.294. The molecule has 122 valence electrons. The lowest BCUT2D eigenvalue weighted by Crippen LogP contribution is -2.36. The monoisotopic (exact) mass is 370 g/mol. The van der Waals surface area contributed by atoms with Crippen molar-refractivity contribution in [3.05, 3.63) is 58.3 Å². The second-order valence-electron chi connectivity index (χ2n) is 5.55. The summed E-state index contributed by atoms with van der Waals surface area (Å²) < 4.78 is 27.8. The summed E-state index contributed by atoms with van der Waals surface area (Å²) in [6, 6.07) is 9.75. The number of pyridine rings is 1. The fraction of sp³-hybridized carbons (Fsp3) is 0.312. The lowest BCUT2D eigenvalue weighted by Gasteiger charge is -2.28. The molecule has 0 unspecified atom stereocenters. The Balaban J connectivity index is 2.06. The Morgan fingerprint density at radius 3 is 2.52 bits per heavy atom. The standard InChI is InChI=1S/C16H16Cl2N2O2S/c1-11(14-6-2-3-10-19-14)20(12-8-9-12)23(21,22)15-7-4-5-13(17)16(15)18/h2-7,10-12H,8-9H2,1H3/t11-/m0/s1. The van der Waals surface area contributed by atoms with Gasteiger partial charge in [-0.05, 0) is 44.0 Å². The first kappa shape index (κ1) is 16.7. The second-order valence-corrected chi connectivity index (χ2v) is 8.15. The molecule has 2 aromatic rings. The van der Waals surface area contributed by atoms with Crippen LogP contribution in [-0.4, -0.2) is 23.7 Å². The van der Waals surface area contributed by atoms with Crippen LogP contribution in [0.5, 0.6) is 0 Å². The molecule has 0 amide bonds. The fourth-order valence-electron chi connectivity index (χ4n) is 2.60. The van der Waals surface area contributed by atoms with Gasteiger partial charge in [-0.25, -0.2) is 8.42 Å². The third-order valence-electron chi connectivity index (χ3n) is 3.88. The molecule has 1 saturated carbocycles. The molecule has 1 aromatic heterocycles. The van der Waals surface area contributed by atoms with Crippen LogP contribution in [-0.2, 0) is 10.0 Å². The van der Waals surface area contributed by atoms with Gasteiger partial charge in [-0.1, -0.05) is 35.3 Å². The van der Waals surface area contributed by atoms with Crippen molar-refractivity contribution < 1.29 is 8.42 Å². The van der Waals surface area contributed by atoms with Crippen LogP contribution in [0.3, 0.4) is 0 Å². The van der Waals surface area contributed by atoms with Crippen molar-refractivity contribution in [1.82, 2.24) is 9.29 Å². The molecule has 0 aliphatic heterocycles. The van der Waals surface area contributed by atoms with Crippen LogP contribution in [0.2, 0.25) is 10.0 Å². The van der Waals surface area contributed by atoms with Crippen molar-refractivity contribution in [2.75, 3.05) is 0 Å². The zero-order valence-corrected chi connectivity index (χ0v) is 14.8. The normalized spacial score (nSPS) is 16.5. The third kappa shape index (κ3) is 3.24. The Kier molecular flexibility index (Phi) is 4.65. The minimum absolute atomic E-state index is 0.0212. The first-order chi connectivity index (χ1) is 10.9. The molecule has 0 spiro atoms. The van der Waals surface area contributed by atoms with Crippen LogP contribution < -0.4 is 0 Å². The molecule has 1 aliphatic carbocycles. The van der Waals surface area contributed by atoms with Gasteiger partial charge in [0, 0.05) is 12.2 Å². The van der Waals surface area contributed by atoms with Gasteiger partial charge in [-0.15, -0.1) is 0 Å². The van der Waals surface area contributed by atoms with Crippen molar-refractivity contribution in [2.24, 2.45) is 0 Å². The van der Waals surface area contributed by atoms with Crippen LogP contribution in [0.4, 0.5) is 0 Å². The molecule has 0 radical (unpaired) electrons. The highest BCUT2D eigenvalue weighted by atomic mass is 35.5. The Morgan fingerprint density at radius 2 is 1.91 bits per heavy atom. The zero-order valence-electron chi connectivity index (χ0n) is 12.5. The minimum Gasteiger partial charge on any atom is -0.260 e. The van der Waals surface area contributed by atoms with Gasteiger partial charge in [0.05, 0.1) is 21.8 Å². The van der Waals surface area contributed by atoms with Crippen LogP contribution >= 0.6 is 23.2 Å². The highest BCUT2D eigenvalue weighted by molar-refractivity contribution is 7.89. The van der Waals surface area contributed by atoms with Gasteiger partial charge in [0.25, 0.3) is 0 Å². The van der Waals surface area contributed by atoms with Crippen molar-refractivity contribution in [2.45, 2.75) is 36.7 Å². The molecule has 0 saturated heterocycles. The van der Waals surface area contributed by atoms with E-state index in [1.165, 1.54) is 10.4 Å². The predicted molar refractivity (Wildman–Crippen MR) is 91.2 cm³/mol. The maximum atomic E-state index is 13.2. The van der Waals surface area contributed by atoms with Gasteiger partial charge in [0.15, 0.2) is 0 Å². The van der Waals surface area contributed by atoms with Crippen LogP contribution in [0, 0.1) is 0 Å². The second kappa shape index (κ2) is 6.40. The SMILES string of the molecule is C[C@@H](c1ccccn1)N(C1CC1)S(=O)(=O)c1cccc(Cl)c1Cl. The molecule has 7 heteroatoms. The van der Waals surface area contributed by atoms with E-state index in [1.54, 1.807) is 24.4 Å². The first-order valence-corrected chi connectivity index (χ1v) is 9.51. The highest BCUT2D eigenvalue weighted by Gasteiger charge is 2.42. The van der Waals surface area contributed by atoms with E-state index in [9.17, 15) is 8.42 Å². The van der Waals surface area contributed by atoms with Gasteiger partial charge in [-0.2, -0.15) is 4.31 Å². The molecule has 0 bridgehead atoms. The van der Waals surface area contributed by atoms with E-state index in [0.717, 1.165) is 12.8 Å². The minimum atomic E-state index is -3.76. The van der Waals surface area contributed by atoms with Gasteiger partial charge in [0.1, 0.15) is 4.90 Å². The number of rotatable bonds is 5. The van der Waals surface area contributed by atoms with Crippen LogP contribution in [0.25, 0.3) is 0 Å². The summed E-state index contributed by atoms with van der Waals surface area (Å²) >= 11 is 12.1. The van der Waals surface area contributed by atoms with Gasteiger partial charge in [-0.3, -0.25) is 4.98 Å². The molecule has 1 aromatic carbocycles. The fourth-order valence-corrected chi connectivity index (χ4v) is 5.19. The summed E-state index contributed by atoms with van der Waals surface area (Å²) in [6.45, 7) is 1.84. The van der Waals surface area contributed by atoms with Crippen molar-refractivity contribution in [3.8, 4) is 0 Å². The molecule has 1 atom stereocenters. The molecule has 4 nitrogen and oxygen atoms in total. The number of sulfonamides is 1. The van der Waals surface area contributed by atoms with Gasteiger partial charge in [0.2, 0.25) is 10.0 Å². The maximum absolute atomic E-state index is 13.2. The third-order valence-corrected chi connectivity index (χ3v) is 6.87. The average molecular weight is 371 g/mol. The summed E-state index contributed by atoms with van der Waals surface area (Å²) in [5.41, 5.74) is 0.709. The number of nitrogens with zero attached hydrogens (tertiary/aromatic N) is 2. The zero-order chi connectivity index (χ0) is 16.6. The van der Waals surface area contributed by atoms with E-state index in [-0.39, 0.29) is 27.0 Å². The van der Waals surface area contributed by atoms with Crippen LogP contribution in [0.1, 0.15) is 31.5 Å². The van der Waals surface area contributed by atoms with E-state index < -0.39 is 10.0 Å². The quantitative estimate of drug-likeness (QED) is 0.787. The molecule has 3 rings (SSSR count). The van der Waals surface area contributed by atoms with Gasteiger partial charge >= 0.3 is 0 Å². The molecule has 0 N–H and O–H groups in total. The van der Waals surface area contributed by atoms with E-state index in [1.807, 2.05) is 19.1 Å². The Morgan fingerprint density at radius 1 is 1.17 bits per heavy atom. The van der Waals surface area contributed by atoms with Crippen molar-refractivity contribution in [1.29, 1.82) is 0 Å². The number of hydrogen-bond donors (Lipinski definition) is 0. The molecular weight excluding hydrogens is 355 g/mol. The summed E-state index contributed by atoms with van der Waals surface area (Å²) in [5.74, 6) is 0. The molecule has 1 aliphatic rings. The summed E-state index contributed by atoms with van der Waals surface area (Å²) in [4.78, 5) is 4.33. The van der Waals surface area contributed by atoms with Gasteiger partial charge < -0.3 is 0 Å². The Hall–Kier alpha value is -1.14. The van der Waals surface area contributed by atoms with E-state index in [0.29, 0.717) is 5.69 Å². The molecular formula is C16H16Cl2N2O2S. The number of hydrogen-bond acceptors (Lipinski definition) is 3. The van der Waals surface area contributed by atoms with Crippen molar-refractivity contribution in [3.63, 3.8) is 0 Å². The average Bonchev–Trinajstić information content (AvgIpc) is 3.35. The first-order valence-electron chi connectivity index (χ1n) is 7.31. The lowest BCUT2D eigenvalue weighted by atomic mass is 10.2. The Bertz CT molecular complexity index is 808. The maximum Gasteiger partial charge on any atom is 0.245 e. The van der Waals surface area contributed by atoms with E-state index in [2.05, 4.69) is 4.98 Å². The lowest BCUT2D eigenvalue weighted by molar-refractivity contribution is 0.329. The summed E-state index contributed by atoms with van der Waals surface area (Å²) in [6.07, 6.45) is 3.35. The van der Waals surface area contributed by atoms with E-state index >= 15 is 0 Å². The largest absolute Gasteiger partial charge is 0.260 e. The summed E-state index contributed by atoms with van der Waals surface area (Å²) in [7, 11) is -3.76. The number of halogens is 2. The number of benzene rings is 1. The highest BCUT2D eigenvalue weighted by Crippen LogP contribution is 2.41. The van der Waals surface area contributed by atoms with Crippen LogP contribution in [0.15, 0.2) is 47.5 Å². The Labute approximate surface area is 146 Å². The molecule has 23 heavy (non-hydrogen) atoms. The van der Waals surface area contributed by atoms with E-state index in [4.69, 9.17) is 23.2 Å². The topological polar surface area (TPSA) is 50.3 Å². The molecule has 1 heterocycles. The predicted octanol–water partition coefficient (Wildman–Crippen LogP) is 4.30. The van der Waals surface area contributed by atoms with Crippen molar-refractivity contribution >= 4 is 33.2 Å². The number of aromatic nitrogens is 1. The smallest absolute Gasteiger partial charge is 0.245 e.